The van der Waals surface area contributed by atoms with Crippen molar-refractivity contribution >= 4 is 11.9 Å². The molecule has 21 heavy (non-hydrogen) atoms. The molecule has 1 aliphatic carbocycles. The van der Waals surface area contributed by atoms with Crippen molar-refractivity contribution in [2.45, 2.75) is 25.7 Å². The number of allylic oxidation sites excluding steroid dienone is 2. The molecule has 0 amide bonds. The third-order valence-electron chi connectivity index (χ3n) is 3.91. The van der Waals surface area contributed by atoms with E-state index in [1.54, 1.807) is 26.0 Å². The minimum Gasteiger partial charge on any atom is -0.507 e. The summed E-state index contributed by atoms with van der Waals surface area (Å²) in [4.78, 5) is 23.1. The lowest BCUT2D eigenvalue weighted by Crippen LogP contribution is -2.37. The highest BCUT2D eigenvalue weighted by Crippen LogP contribution is 2.42. The smallest absolute Gasteiger partial charge is 0.331 e. The average molecular weight is 288 g/mol. The molecule has 1 atom stereocenters. The van der Waals surface area contributed by atoms with Gasteiger partial charge in [0, 0.05) is 17.6 Å². The summed E-state index contributed by atoms with van der Waals surface area (Å²) >= 11 is 0. The molecule has 5 nitrogen and oxygen atoms in total. The number of benzene rings is 1. The van der Waals surface area contributed by atoms with Crippen molar-refractivity contribution in [2.24, 2.45) is 0 Å². The second kappa shape index (κ2) is 5.09. The van der Waals surface area contributed by atoms with E-state index in [1.165, 1.54) is 18.2 Å². The van der Waals surface area contributed by atoms with Crippen LogP contribution in [0.1, 0.15) is 24.5 Å². The topological polar surface area (TPSA) is 94.8 Å². The molecule has 0 spiro atoms. The highest BCUT2D eigenvalue weighted by atomic mass is 16.4. The number of rotatable bonds is 3. The van der Waals surface area contributed by atoms with E-state index >= 15 is 0 Å². The third kappa shape index (κ3) is 2.31. The fourth-order valence-corrected chi connectivity index (χ4v) is 2.56. The molecule has 0 bridgehead atoms. The average Bonchev–Trinajstić information content (AvgIpc) is 2.42. The van der Waals surface area contributed by atoms with Gasteiger partial charge in [0.15, 0.2) is 0 Å². The Morgan fingerprint density at radius 2 is 1.86 bits per heavy atom. The van der Waals surface area contributed by atoms with Gasteiger partial charge in [-0.2, -0.15) is 0 Å². The van der Waals surface area contributed by atoms with E-state index in [0.717, 1.165) is 0 Å². The zero-order valence-corrected chi connectivity index (χ0v) is 11.8. The minimum atomic E-state index is -1.57. The number of phenols is 1. The number of aryl methyl sites for hydroxylation is 1. The molecular weight excluding hydrogens is 272 g/mol. The Hall–Kier alpha value is -2.56. The molecule has 0 fully saturated rings. The van der Waals surface area contributed by atoms with E-state index in [4.69, 9.17) is 0 Å². The molecule has 0 aliphatic heterocycles. The SMILES string of the molecule is CC1=C(C(=O)O)CC(C(=O)O)(c2cccc(C)c2O)C=C1. The number of carboxylic acids is 2. The van der Waals surface area contributed by atoms with Crippen LogP contribution in [0.5, 0.6) is 5.75 Å². The van der Waals surface area contributed by atoms with Gasteiger partial charge in [-0.05, 0) is 25.0 Å². The molecule has 3 N–H and O–H groups in total. The Morgan fingerprint density at radius 3 is 2.43 bits per heavy atom. The van der Waals surface area contributed by atoms with Gasteiger partial charge in [0.1, 0.15) is 11.2 Å². The van der Waals surface area contributed by atoms with Crippen LogP contribution >= 0.6 is 0 Å². The number of phenolic OH excluding ortho intramolecular Hbond substituents is 1. The van der Waals surface area contributed by atoms with E-state index in [1.807, 2.05) is 0 Å². The van der Waals surface area contributed by atoms with Crippen molar-refractivity contribution in [1.29, 1.82) is 0 Å². The summed E-state index contributed by atoms with van der Waals surface area (Å²) in [6.07, 6.45) is 2.74. The lowest BCUT2D eigenvalue weighted by molar-refractivity contribution is -0.142. The monoisotopic (exact) mass is 288 g/mol. The lowest BCUT2D eigenvalue weighted by Gasteiger charge is -2.31. The zero-order chi connectivity index (χ0) is 15.8. The summed E-state index contributed by atoms with van der Waals surface area (Å²) in [5.41, 5.74) is -0.252. The molecule has 2 rings (SSSR count). The number of aromatic hydroxyl groups is 1. The van der Waals surface area contributed by atoms with Crippen molar-refractivity contribution in [3.05, 3.63) is 52.6 Å². The van der Waals surface area contributed by atoms with Crippen molar-refractivity contribution < 1.29 is 24.9 Å². The molecule has 0 heterocycles. The first-order chi connectivity index (χ1) is 9.79. The Balaban J connectivity index is 2.66. The van der Waals surface area contributed by atoms with Crippen LogP contribution < -0.4 is 0 Å². The number of aliphatic carboxylic acids is 2. The van der Waals surface area contributed by atoms with Crippen molar-refractivity contribution in [2.75, 3.05) is 0 Å². The van der Waals surface area contributed by atoms with Gasteiger partial charge in [-0.25, -0.2) is 4.79 Å². The number of carbonyl (C=O) groups is 2. The lowest BCUT2D eigenvalue weighted by atomic mass is 9.71. The Morgan fingerprint density at radius 1 is 1.19 bits per heavy atom. The van der Waals surface area contributed by atoms with Gasteiger partial charge in [-0.15, -0.1) is 0 Å². The van der Waals surface area contributed by atoms with Gasteiger partial charge >= 0.3 is 11.9 Å². The summed E-state index contributed by atoms with van der Waals surface area (Å²) in [5, 5.41) is 29.1. The van der Waals surface area contributed by atoms with E-state index in [2.05, 4.69) is 0 Å². The highest BCUT2D eigenvalue weighted by molar-refractivity contribution is 5.94. The first-order valence-electron chi connectivity index (χ1n) is 6.44. The fraction of sp³-hybridized carbons (Fsp3) is 0.250. The van der Waals surface area contributed by atoms with Crippen LogP contribution in [0.15, 0.2) is 41.5 Å². The maximum absolute atomic E-state index is 11.8. The standard InChI is InChI=1S/C16H16O5/c1-9-6-7-16(15(20)21,8-11(9)14(18)19)12-5-3-4-10(2)13(12)17/h3-7,17H,8H2,1-2H3,(H,18,19)(H,20,21). The molecule has 1 aromatic rings. The maximum Gasteiger partial charge on any atom is 0.331 e. The maximum atomic E-state index is 11.8. The first-order valence-corrected chi connectivity index (χ1v) is 6.44. The van der Waals surface area contributed by atoms with Gasteiger partial charge < -0.3 is 15.3 Å². The van der Waals surface area contributed by atoms with Gasteiger partial charge in [0.2, 0.25) is 0 Å². The Bertz CT molecular complexity index is 684. The quantitative estimate of drug-likeness (QED) is 0.793. The van der Waals surface area contributed by atoms with Crippen LogP contribution in [0, 0.1) is 6.92 Å². The molecule has 1 unspecified atom stereocenters. The second-order valence-electron chi connectivity index (χ2n) is 5.22. The number of para-hydroxylation sites is 1. The molecule has 5 heteroatoms. The largest absolute Gasteiger partial charge is 0.507 e. The van der Waals surface area contributed by atoms with Crippen molar-refractivity contribution in [3.8, 4) is 5.75 Å². The van der Waals surface area contributed by atoms with Crippen LogP contribution in [-0.2, 0) is 15.0 Å². The van der Waals surface area contributed by atoms with E-state index in [0.29, 0.717) is 11.1 Å². The van der Waals surface area contributed by atoms with E-state index in [-0.39, 0.29) is 23.3 Å². The Kier molecular flexibility index (Phi) is 3.60. The van der Waals surface area contributed by atoms with Crippen LogP contribution in [0.3, 0.4) is 0 Å². The van der Waals surface area contributed by atoms with Crippen LogP contribution in [0.2, 0.25) is 0 Å². The van der Waals surface area contributed by atoms with E-state index in [9.17, 15) is 24.9 Å². The van der Waals surface area contributed by atoms with Gasteiger partial charge in [0.05, 0.1) is 0 Å². The summed E-state index contributed by atoms with van der Waals surface area (Å²) in [6.45, 7) is 3.29. The van der Waals surface area contributed by atoms with Crippen LogP contribution in [0.25, 0.3) is 0 Å². The fourth-order valence-electron chi connectivity index (χ4n) is 2.56. The van der Waals surface area contributed by atoms with Gasteiger partial charge in [-0.3, -0.25) is 4.79 Å². The van der Waals surface area contributed by atoms with Gasteiger partial charge in [-0.1, -0.05) is 30.4 Å². The summed E-state index contributed by atoms with van der Waals surface area (Å²) in [5.74, 6) is -2.45. The van der Waals surface area contributed by atoms with Crippen LogP contribution in [0.4, 0.5) is 0 Å². The minimum absolute atomic E-state index is 0.0424. The number of hydrogen-bond acceptors (Lipinski definition) is 3. The van der Waals surface area contributed by atoms with Crippen molar-refractivity contribution in [3.63, 3.8) is 0 Å². The molecule has 0 aromatic heterocycles. The summed E-state index contributed by atoms with van der Waals surface area (Å²) in [7, 11) is 0. The van der Waals surface area contributed by atoms with E-state index < -0.39 is 17.4 Å². The first kappa shape index (κ1) is 14.8. The molecule has 0 radical (unpaired) electrons. The second-order valence-corrected chi connectivity index (χ2v) is 5.22. The van der Waals surface area contributed by atoms with Gasteiger partial charge in [0.25, 0.3) is 0 Å². The summed E-state index contributed by atoms with van der Waals surface area (Å²) < 4.78 is 0. The molecule has 1 aliphatic rings. The highest BCUT2D eigenvalue weighted by Gasteiger charge is 2.44. The van der Waals surface area contributed by atoms with Crippen molar-refractivity contribution in [1.82, 2.24) is 0 Å². The predicted molar refractivity (Wildman–Crippen MR) is 76.3 cm³/mol. The molecule has 0 saturated carbocycles. The summed E-state index contributed by atoms with van der Waals surface area (Å²) in [6, 6.07) is 4.83. The van der Waals surface area contributed by atoms with Crippen LogP contribution in [-0.4, -0.2) is 27.3 Å². The number of hydrogen-bond donors (Lipinski definition) is 3. The third-order valence-corrected chi connectivity index (χ3v) is 3.91. The zero-order valence-electron chi connectivity index (χ0n) is 11.8. The predicted octanol–water partition coefficient (Wildman–Crippen LogP) is 2.38. The molecule has 0 saturated heterocycles. The Labute approximate surface area is 121 Å². The normalized spacial score (nSPS) is 21.4. The number of carboxylic acid groups (broad SMARTS) is 2. The molecular formula is C16H16O5. The molecule has 110 valence electrons. The molecule has 1 aromatic carbocycles.